The molecule has 0 spiro atoms. The summed E-state index contributed by atoms with van der Waals surface area (Å²) in [5.74, 6) is -1.48. The van der Waals surface area contributed by atoms with Gasteiger partial charge in [0, 0.05) is 18.7 Å². The first-order valence-electron chi connectivity index (χ1n) is 11.1. The van der Waals surface area contributed by atoms with Crippen LogP contribution in [0.3, 0.4) is 0 Å². The van der Waals surface area contributed by atoms with Gasteiger partial charge in [0.1, 0.15) is 5.75 Å². The van der Waals surface area contributed by atoms with Gasteiger partial charge in [0.2, 0.25) is 17.7 Å². The highest BCUT2D eigenvalue weighted by Crippen LogP contribution is 2.40. The van der Waals surface area contributed by atoms with Gasteiger partial charge in [0.05, 0.1) is 23.4 Å². The van der Waals surface area contributed by atoms with Gasteiger partial charge in [0.25, 0.3) is 0 Å². The number of rotatable bonds is 4. The first-order chi connectivity index (χ1) is 15.5. The van der Waals surface area contributed by atoms with Crippen LogP contribution in [0.1, 0.15) is 32.1 Å². The Kier molecular flexibility index (Phi) is 5.25. The lowest BCUT2D eigenvalue weighted by molar-refractivity contribution is -0.139. The minimum Gasteiger partial charge on any atom is -0.426 e. The molecule has 0 aromatic heterocycles. The van der Waals surface area contributed by atoms with Gasteiger partial charge in [0.15, 0.2) is 0 Å². The van der Waals surface area contributed by atoms with Gasteiger partial charge in [-0.15, -0.1) is 0 Å². The number of amides is 3. The molecule has 0 N–H and O–H groups in total. The molecular formula is C25H24N2O5. The van der Waals surface area contributed by atoms with Crippen LogP contribution in [0.2, 0.25) is 0 Å². The number of hydrogen-bond acceptors (Lipinski definition) is 5. The largest absolute Gasteiger partial charge is 0.426 e. The zero-order valence-corrected chi connectivity index (χ0v) is 17.6. The zero-order valence-electron chi connectivity index (χ0n) is 17.6. The van der Waals surface area contributed by atoms with Gasteiger partial charge >= 0.3 is 5.97 Å². The summed E-state index contributed by atoms with van der Waals surface area (Å²) in [6.45, 7) is 0.277. The molecule has 0 bridgehead atoms. The SMILES string of the molecule is O=C(Oc1ccc(N2C(=O)C3CCCCC3C2=O)cc1)C1CC(=O)N(c2ccccc2)C1. The fourth-order valence-corrected chi connectivity index (χ4v) is 5.00. The molecule has 3 fully saturated rings. The quantitative estimate of drug-likeness (QED) is 0.420. The predicted molar refractivity (Wildman–Crippen MR) is 117 cm³/mol. The monoisotopic (exact) mass is 432 g/mol. The molecule has 2 saturated heterocycles. The van der Waals surface area contributed by atoms with Crippen LogP contribution < -0.4 is 14.5 Å². The Morgan fingerprint density at radius 2 is 1.44 bits per heavy atom. The number of benzene rings is 2. The highest BCUT2D eigenvalue weighted by Gasteiger charge is 2.48. The van der Waals surface area contributed by atoms with E-state index in [0.717, 1.165) is 31.4 Å². The molecule has 7 nitrogen and oxygen atoms in total. The van der Waals surface area contributed by atoms with E-state index in [2.05, 4.69) is 0 Å². The lowest BCUT2D eigenvalue weighted by Crippen LogP contribution is -2.30. The smallest absolute Gasteiger partial charge is 0.316 e. The van der Waals surface area contributed by atoms with Crippen molar-refractivity contribution < 1.29 is 23.9 Å². The molecule has 2 aliphatic heterocycles. The van der Waals surface area contributed by atoms with Crippen molar-refractivity contribution >= 4 is 35.1 Å². The molecule has 5 rings (SSSR count). The van der Waals surface area contributed by atoms with E-state index in [1.54, 1.807) is 29.2 Å². The van der Waals surface area contributed by atoms with Crippen LogP contribution in [0.4, 0.5) is 11.4 Å². The minimum absolute atomic E-state index is 0.103. The second-order valence-corrected chi connectivity index (χ2v) is 8.67. The lowest BCUT2D eigenvalue weighted by Gasteiger charge is -2.19. The molecule has 2 aromatic rings. The van der Waals surface area contributed by atoms with Gasteiger partial charge < -0.3 is 9.64 Å². The summed E-state index contributed by atoms with van der Waals surface area (Å²) in [6, 6.07) is 15.7. The van der Waals surface area contributed by atoms with Crippen molar-refractivity contribution in [2.45, 2.75) is 32.1 Å². The Labute approximate surface area is 185 Å². The topological polar surface area (TPSA) is 84.0 Å². The number of esters is 1. The van der Waals surface area contributed by atoms with Gasteiger partial charge in [-0.1, -0.05) is 31.0 Å². The molecule has 7 heteroatoms. The summed E-state index contributed by atoms with van der Waals surface area (Å²) in [6.07, 6.45) is 3.59. The van der Waals surface area contributed by atoms with E-state index in [4.69, 9.17) is 4.74 Å². The number of carbonyl (C=O) groups excluding carboxylic acids is 4. The van der Waals surface area contributed by atoms with Crippen molar-refractivity contribution in [2.24, 2.45) is 17.8 Å². The van der Waals surface area contributed by atoms with E-state index in [-0.39, 0.29) is 42.5 Å². The van der Waals surface area contributed by atoms with E-state index in [9.17, 15) is 19.2 Å². The van der Waals surface area contributed by atoms with Crippen molar-refractivity contribution in [1.82, 2.24) is 0 Å². The van der Waals surface area contributed by atoms with Crippen molar-refractivity contribution in [3.8, 4) is 5.75 Å². The van der Waals surface area contributed by atoms with Crippen molar-refractivity contribution in [1.29, 1.82) is 0 Å². The molecule has 0 radical (unpaired) electrons. The Balaban J connectivity index is 1.24. The molecule has 3 atom stereocenters. The summed E-state index contributed by atoms with van der Waals surface area (Å²) in [5, 5.41) is 0. The average Bonchev–Trinajstić information content (AvgIpc) is 3.33. The third-order valence-electron chi connectivity index (χ3n) is 6.68. The molecule has 164 valence electrons. The van der Waals surface area contributed by atoms with E-state index in [1.807, 2.05) is 30.3 Å². The Morgan fingerprint density at radius 1 is 0.812 bits per heavy atom. The third-order valence-corrected chi connectivity index (χ3v) is 6.68. The summed E-state index contributed by atoms with van der Waals surface area (Å²) in [5.41, 5.74) is 1.26. The second-order valence-electron chi connectivity index (χ2n) is 8.67. The van der Waals surface area contributed by atoms with Gasteiger partial charge in [-0.05, 0) is 49.2 Å². The fraction of sp³-hybridized carbons (Fsp3) is 0.360. The molecule has 3 amide bonds. The van der Waals surface area contributed by atoms with Crippen LogP contribution in [0, 0.1) is 17.8 Å². The highest BCUT2D eigenvalue weighted by atomic mass is 16.5. The number of carbonyl (C=O) groups is 4. The predicted octanol–water partition coefficient (Wildman–Crippen LogP) is 3.32. The van der Waals surface area contributed by atoms with Crippen LogP contribution in [0.15, 0.2) is 54.6 Å². The molecule has 2 heterocycles. The summed E-state index contributed by atoms with van der Waals surface area (Å²) >= 11 is 0. The lowest BCUT2D eigenvalue weighted by atomic mass is 9.81. The van der Waals surface area contributed by atoms with Gasteiger partial charge in [-0.25, -0.2) is 0 Å². The van der Waals surface area contributed by atoms with E-state index in [1.165, 1.54) is 4.90 Å². The van der Waals surface area contributed by atoms with E-state index in [0.29, 0.717) is 11.4 Å². The average molecular weight is 432 g/mol. The summed E-state index contributed by atoms with van der Waals surface area (Å²) in [7, 11) is 0. The summed E-state index contributed by atoms with van der Waals surface area (Å²) in [4.78, 5) is 53.4. The molecule has 2 aromatic carbocycles. The normalized spacial score (nSPS) is 25.2. The molecular weight excluding hydrogens is 408 g/mol. The zero-order chi connectivity index (χ0) is 22.2. The van der Waals surface area contributed by atoms with Crippen molar-refractivity contribution in [3.63, 3.8) is 0 Å². The standard InChI is InChI=1S/C25H24N2O5/c28-22-14-16(15-26(22)17-6-2-1-3-7-17)25(31)32-19-12-10-18(11-13-19)27-23(29)20-8-4-5-9-21(20)24(27)30/h1-3,6-7,10-13,16,20-21H,4-5,8-9,14-15H2. The molecule has 3 aliphatic rings. The first kappa shape index (κ1) is 20.4. The molecule has 3 unspecified atom stereocenters. The Hall–Kier alpha value is -3.48. The molecule has 1 saturated carbocycles. The van der Waals surface area contributed by atoms with Crippen LogP contribution in [0.5, 0.6) is 5.75 Å². The highest BCUT2D eigenvalue weighted by molar-refractivity contribution is 6.22. The van der Waals surface area contributed by atoms with Gasteiger partial charge in [-0.3, -0.25) is 24.1 Å². The maximum atomic E-state index is 12.7. The number of para-hydroxylation sites is 1. The third kappa shape index (κ3) is 3.57. The van der Waals surface area contributed by atoms with Gasteiger partial charge in [-0.2, -0.15) is 0 Å². The number of imide groups is 1. The summed E-state index contributed by atoms with van der Waals surface area (Å²) < 4.78 is 5.49. The second kappa shape index (κ2) is 8.22. The number of fused-ring (bicyclic) bond motifs is 1. The van der Waals surface area contributed by atoms with Crippen LogP contribution in [-0.4, -0.2) is 30.2 Å². The van der Waals surface area contributed by atoms with E-state index < -0.39 is 11.9 Å². The molecule has 1 aliphatic carbocycles. The Morgan fingerprint density at radius 3 is 2.06 bits per heavy atom. The van der Waals surface area contributed by atoms with Crippen molar-refractivity contribution in [2.75, 3.05) is 16.3 Å². The maximum Gasteiger partial charge on any atom is 0.316 e. The first-order valence-corrected chi connectivity index (χ1v) is 11.1. The van der Waals surface area contributed by atoms with Crippen LogP contribution in [-0.2, 0) is 19.2 Å². The number of anilines is 2. The maximum absolute atomic E-state index is 12.7. The van der Waals surface area contributed by atoms with Crippen LogP contribution >= 0.6 is 0 Å². The minimum atomic E-state index is -0.549. The number of nitrogens with zero attached hydrogens (tertiary/aromatic N) is 2. The van der Waals surface area contributed by atoms with Crippen LogP contribution in [0.25, 0.3) is 0 Å². The number of hydrogen-bond donors (Lipinski definition) is 0. The fourth-order valence-electron chi connectivity index (χ4n) is 5.00. The van der Waals surface area contributed by atoms with E-state index >= 15 is 0 Å². The van der Waals surface area contributed by atoms with Crippen molar-refractivity contribution in [3.05, 3.63) is 54.6 Å². The molecule has 32 heavy (non-hydrogen) atoms. The Bertz CT molecular complexity index is 1040. The number of ether oxygens (including phenoxy) is 1.